The maximum absolute atomic E-state index is 12.5. The molecule has 2 aromatic rings. The molecule has 1 aromatic carbocycles. The molecule has 26 heavy (non-hydrogen) atoms. The standard InChI is InChI=1S/C18H23N3O3S2/c1-14-5-6-16(12-15(14)2)19-17(22)13-20-7-9-21(10-8-20)26(23,24)18-4-3-11-25-18/h3-6,11-12H,7-10,13H2,1-2H3,(H,19,22). The summed E-state index contributed by atoms with van der Waals surface area (Å²) in [6, 6.07) is 9.21. The van der Waals surface area contributed by atoms with Crippen LogP contribution in [0.5, 0.6) is 0 Å². The van der Waals surface area contributed by atoms with Gasteiger partial charge < -0.3 is 5.32 Å². The molecule has 0 atom stereocenters. The third-order valence-corrected chi connectivity index (χ3v) is 7.85. The Bertz CT molecular complexity index is 871. The van der Waals surface area contributed by atoms with Crippen LogP contribution in [0.2, 0.25) is 0 Å². The Morgan fingerprint density at radius 2 is 1.85 bits per heavy atom. The monoisotopic (exact) mass is 393 g/mol. The van der Waals surface area contributed by atoms with Crippen LogP contribution in [0.3, 0.4) is 0 Å². The van der Waals surface area contributed by atoms with Gasteiger partial charge in [0.15, 0.2) is 0 Å². The van der Waals surface area contributed by atoms with E-state index in [0.29, 0.717) is 30.4 Å². The Kier molecular flexibility index (Phi) is 5.76. The number of thiophene rings is 1. The Morgan fingerprint density at radius 3 is 2.46 bits per heavy atom. The number of carbonyl (C=O) groups is 1. The van der Waals surface area contributed by atoms with Gasteiger partial charge in [0.05, 0.1) is 6.54 Å². The van der Waals surface area contributed by atoms with E-state index < -0.39 is 10.0 Å². The largest absolute Gasteiger partial charge is 0.325 e. The smallest absolute Gasteiger partial charge is 0.252 e. The molecule has 0 radical (unpaired) electrons. The molecule has 1 aliphatic heterocycles. The minimum atomic E-state index is -3.40. The van der Waals surface area contributed by atoms with Gasteiger partial charge in [-0.1, -0.05) is 12.1 Å². The Hall–Kier alpha value is -1.74. The molecule has 8 heteroatoms. The van der Waals surface area contributed by atoms with E-state index in [9.17, 15) is 13.2 Å². The van der Waals surface area contributed by atoms with Gasteiger partial charge in [0.1, 0.15) is 4.21 Å². The number of nitrogens with one attached hydrogen (secondary N) is 1. The number of hydrogen-bond donors (Lipinski definition) is 1. The second-order valence-corrected chi connectivity index (χ2v) is 9.57. The van der Waals surface area contributed by atoms with Crippen molar-refractivity contribution in [3.8, 4) is 0 Å². The van der Waals surface area contributed by atoms with Gasteiger partial charge >= 0.3 is 0 Å². The zero-order chi connectivity index (χ0) is 18.7. The van der Waals surface area contributed by atoms with E-state index in [4.69, 9.17) is 0 Å². The van der Waals surface area contributed by atoms with Gasteiger partial charge in [0.25, 0.3) is 10.0 Å². The third-order valence-electron chi connectivity index (χ3n) is 4.58. The van der Waals surface area contributed by atoms with Crippen molar-refractivity contribution in [1.82, 2.24) is 9.21 Å². The lowest BCUT2D eigenvalue weighted by Crippen LogP contribution is -2.50. The van der Waals surface area contributed by atoms with Gasteiger partial charge in [0.2, 0.25) is 5.91 Å². The molecule has 0 aliphatic carbocycles. The van der Waals surface area contributed by atoms with Crippen LogP contribution in [0.4, 0.5) is 5.69 Å². The Balaban J connectivity index is 1.52. The summed E-state index contributed by atoms with van der Waals surface area (Å²) in [7, 11) is -3.40. The molecule has 1 aliphatic rings. The van der Waals surface area contributed by atoms with E-state index in [2.05, 4.69) is 5.32 Å². The fourth-order valence-electron chi connectivity index (χ4n) is 2.89. The molecule has 1 saturated heterocycles. The zero-order valence-corrected chi connectivity index (χ0v) is 16.6. The molecule has 1 fully saturated rings. The van der Waals surface area contributed by atoms with Crippen molar-refractivity contribution >= 4 is 33.0 Å². The van der Waals surface area contributed by atoms with E-state index in [1.807, 2.05) is 36.9 Å². The number of aryl methyl sites for hydroxylation is 2. The second-order valence-electron chi connectivity index (χ2n) is 6.46. The molecule has 1 N–H and O–H groups in total. The van der Waals surface area contributed by atoms with Crippen LogP contribution in [0.15, 0.2) is 39.9 Å². The van der Waals surface area contributed by atoms with Gasteiger partial charge in [-0.2, -0.15) is 4.31 Å². The number of benzene rings is 1. The van der Waals surface area contributed by atoms with Crippen LogP contribution in [0.1, 0.15) is 11.1 Å². The minimum absolute atomic E-state index is 0.0807. The van der Waals surface area contributed by atoms with Gasteiger partial charge in [0, 0.05) is 31.9 Å². The van der Waals surface area contributed by atoms with E-state index in [1.165, 1.54) is 21.2 Å². The summed E-state index contributed by atoms with van der Waals surface area (Å²) < 4.78 is 26.9. The first-order valence-corrected chi connectivity index (χ1v) is 10.8. The average molecular weight is 394 g/mol. The number of piperazine rings is 1. The maximum atomic E-state index is 12.5. The number of amides is 1. The van der Waals surface area contributed by atoms with Gasteiger partial charge in [-0.3, -0.25) is 9.69 Å². The van der Waals surface area contributed by atoms with Crippen molar-refractivity contribution in [1.29, 1.82) is 0 Å². The predicted octanol–water partition coefficient (Wildman–Crippen LogP) is 2.31. The molecular weight excluding hydrogens is 370 g/mol. The van der Waals surface area contributed by atoms with E-state index in [0.717, 1.165) is 11.3 Å². The maximum Gasteiger partial charge on any atom is 0.252 e. The predicted molar refractivity (Wildman–Crippen MR) is 104 cm³/mol. The molecule has 0 unspecified atom stereocenters. The summed E-state index contributed by atoms with van der Waals surface area (Å²) >= 11 is 1.23. The van der Waals surface area contributed by atoms with Crippen LogP contribution < -0.4 is 5.32 Å². The number of rotatable bonds is 5. The Labute approximate surface area is 158 Å². The molecule has 6 nitrogen and oxygen atoms in total. The highest BCUT2D eigenvalue weighted by Crippen LogP contribution is 2.22. The van der Waals surface area contributed by atoms with E-state index in [-0.39, 0.29) is 12.5 Å². The van der Waals surface area contributed by atoms with Crippen LogP contribution in [0.25, 0.3) is 0 Å². The van der Waals surface area contributed by atoms with Crippen molar-refractivity contribution in [2.75, 3.05) is 38.0 Å². The SMILES string of the molecule is Cc1ccc(NC(=O)CN2CCN(S(=O)(=O)c3cccs3)CC2)cc1C. The zero-order valence-electron chi connectivity index (χ0n) is 14.9. The fraction of sp³-hybridized carbons (Fsp3) is 0.389. The molecule has 140 valence electrons. The highest BCUT2D eigenvalue weighted by molar-refractivity contribution is 7.91. The number of anilines is 1. The van der Waals surface area contributed by atoms with Crippen LogP contribution in [0, 0.1) is 13.8 Å². The van der Waals surface area contributed by atoms with E-state index >= 15 is 0 Å². The van der Waals surface area contributed by atoms with Crippen molar-refractivity contribution in [2.24, 2.45) is 0 Å². The fourth-order valence-corrected chi connectivity index (χ4v) is 5.46. The first-order valence-electron chi connectivity index (χ1n) is 8.49. The summed E-state index contributed by atoms with van der Waals surface area (Å²) in [5.74, 6) is -0.0807. The lowest BCUT2D eigenvalue weighted by atomic mass is 10.1. The van der Waals surface area contributed by atoms with Gasteiger partial charge in [-0.25, -0.2) is 8.42 Å². The van der Waals surface area contributed by atoms with Crippen LogP contribution in [-0.2, 0) is 14.8 Å². The van der Waals surface area contributed by atoms with Gasteiger partial charge in [-0.15, -0.1) is 11.3 Å². The van der Waals surface area contributed by atoms with Crippen molar-refractivity contribution < 1.29 is 13.2 Å². The lowest BCUT2D eigenvalue weighted by Gasteiger charge is -2.33. The summed E-state index contributed by atoms with van der Waals surface area (Å²) in [6.07, 6.45) is 0. The van der Waals surface area contributed by atoms with Crippen LogP contribution in [-0.4, -0.2) is 56.3 Å². The molecule has 2 heterocycles. The summed E-state index contributed by atoms with van der Waals surface area (Å²) in [5.41, 5.74) is 3.11. The normalized spacial score (nSPS) is 16.5. The molecule has 0 spiro atoms. The first-order chi connectivity index (χ1) is 12.4. The third kappa shape index (κ3) is 4.32. The topological polar surface area (TPSA) is 69.7 Å². The summed E-state index contributed by atoms with van der Waals surface area (Å²) in [6.45, 7) is 6.20. The molecule has 3 rings (SSSR count). The van der Waals surface area contributed by atoms with Crippen molar-refractivity contribution in [2.45, 2.75) is 18.1 Å². The number of sulfonamides is 1. The molecule has 1 aromatic heterocycles. The highest BCUT2D eigenvalue weighted by atomic mass is 32.2. The minimum Gasteiger partial charge on any atom is -0.325 e. The average Bonchev–Trinajstić information content (AvgIpc) is 3.14. The second kappa shape index (κ2) is 7.87. The number of nitrogens with zero attached hydrogens (tertiary/aromatic N) is 2. The number of hydrogen-bond acceptors (Lipinski definition) is 5. The van der Waals surface area contributed by atoms with E-state index in [1.54, 1.807) is 17.5 Å². The first kappa shape index (κ1) is 19.0. The molecule has 0 bridgehead atoms. The lowest BCUT2D eigenvalue weighted by molar-refractivity contribution is -0.117. The molecule has 1 amide bonds. The summed E-state index contributed by atoms with van der Waals surface area (Å²) in [5, 5.41) is 4.67. The Morgan fingerprint density at radius 1 is 1.12 bits per heavy atom. The van der Waals surface area contributed by atoms with Crippen LogP contribution >= 0.6 is 11.3 Å². The molecule has 0 saturated carbocycles. The number of carbonyl (C=O) groups excluding carboxylic acids is 1. The van der Waals surface area contributed by atoms with Crippen molar-refractivity contribution in [3.63, 3.8) is 0 Å². The van der Waals surface area contributed by atoms with Crippen molar-refractivity contribution in [3.05, 3.63) is 46.8 Å². The highest BCUT2D eigenvalue weighted by Gasteiger charge is 2.29. The molecular formula is C18H23N3O3S2. The summed E-state index contributed by atoms with van der Waals surface area (Å²) in [4.78, 5) is 14.2. The quantitative estimate of drug-likeness (QED) is 0.846. The van der Waals surface area contributed by atoms with Gasteiger partial charge in [-0.05, 0) is 48.6 Å².